The highest BCUT2D eigenvalue weighted by atomic mass is 16.5. The highest BCUT2D eigenvalue weighted by Crippen LogP contribution is 2.20. The molecule has 0 bridgehead atoms. The Labute approximate surface area is 104 Å². The lowest BCUT2D eigenvalue weighted by Crippen LogP contribution is -2.21. The third-order valence-corrected chi connectivity index (χ3v) is 3.01. The van der Waals surface area contributed by atoms with Gasteiger partial charge in [0.1, 0.15) is 0 Å². The number of aromatic nitrogens is 2. The fourth-order valence-electron chi connectivity index (χ4n) is 2.08. The Hall–Kier alpha value is -1.29. The summed E-state index contributed by atoms with van der Waals surface area (Å²) in [5, 5.41) is 7.91. The van der Waals surface area contributed by atoms with Crippen LogP contribution in [0, 0.1) is 13.8 Å². The predicted molar refractivity (Wildman–Crippen MR) is 69.9 cm³/mol. The largest absolute Gasteiger partial charge is 0.502 e. The Morgan fingerprint density at radius 3 is 2.76 bits per heavy atom. The van der Waals surface area contributed by atoms with Crippen molar-refractivity contribution in [1.82, 2.24) is 15.1 Å². The van der Waals surface area contributed by atoms with Crippen molar-refractivity contribution in [3.8, 4) is 0 Å². The minimum absolute atomic E-state index is 0.326. The standard InChI is InChI=1S/C13H23N3O/c1-6-17-9-7-8-14-10(2)13-11(3)15-16(5)12(13)4/h6,10,14H,1,7-9H2,2-5H3. The molecule has 4 nitrogen and oxygen atoms in total. The Bertz CT molecular complexity index is 371. The predicted octanol–water partition coefficient (Wildman–Crippen LogP) is 2.24. The summed E-state index contributed by atoms with van der Waals surface area (Å²) >= 11 is 0. The van der Waals surface area contributed by atoms with Crippen LogP contribution in [0.5, 0.6) is 0 Å². The normalized spacial score (nSPS) is 12.5. The molecule has 0 aliphatic carbocycles. The molecular weight excluding hydrogens is 214 g/mol. The van der Waals surface area contributed by atoms with Gasteiger partial charge in [-0.2, -0.15) is 5.10 Å². The summed E-state index contributed by atoms with van der Waals surface area (Å²) < 4.78 is 7.01. The first-order valence-corrected chi connectivity index (χ1v) is 6.04. The minimum Gasteiger partial charge on any atom is -0.502 e. The van der Waals surface area contributed by atoms with Gasteiger partial charge in [0.25, 0.3) is 0 Å². The summed E-state index contributed by atoms with van der Waals surface area (Å²) in [4.78, 5) is 0. The number of hydrogen-bond acceptors (Lipinski definition) is 3. The lowest BCUT2D eigenvalue weighted by Gasteiger charge is -2.14. The maximum absolute atomic E-state index is 5.08. The van der Waals surface area contributed by atoms with Gasteiger partial charge in [0.15, 0.2) is 0 Å². The zero-order chi connectivity index (χ0) is 12.8. The molecule has 1 aromatic rings. The molecule has 0 spiro atoms. The van der Waals surface area contributed by atoms with Crippen LogP contribution in [-0.4, -0.2) is 22.9 Å². The first-order chi connectivity index (χ1) is 8.07. The maximum Gasteiger partial charge on any atom is 0.0885 e. The van der Waals surface area contributed by atoms with E-state index in [1.165, 1.54) is 17.5 Å². The van der Waals surface area contributed by atoms with Crippen LogP contribution in [0.4, 0.5) is 0 Å². The lowest BCUT2D eigenvalue weighted by molar-refractivity contribution is 0.243. The summed E-state index contributed by atoms with van der Waals surface area (Å²) in [5.74, 6) is 0. The summed E-state index contributed by atoms with van der Waals surface area (Å²) in [6.45, 7) is 11.5. The molecule has 1 unspecified atom stereocenters. The van der Waals surface area contributed by atoms with Crippen LogP contribution < -0.4 is 5.32 Å². The van der Waals surface area contributed by atoms with E-state index in [4.69, 9.17) is 4.74 Å². The molecule has 0 saturated heterocycles. The summed E-state index contributed by atoms with van der Waals surface area (Å²) in [6.07, 6.45) is 2.47. The molecule has 0 radical (unpaired) electrons. The molecule has 4 heteroatoms. The molecule has 0 aliphatic heterocycles. The average molecular weight is 237 g/mol. The number of hydrogen-bond donors (Lipinski definition) is 1. The molecule has 96 valence electrons. The zero-order valence-electron chi connectivity index (χ0n) is 11.3. The van der Waals surface area contributed by atoms with Crippen molar-refractivity contribution in [2.24, 2.45) is 7.05 Å². The van der Waals surface area contributed by atoms with E-state index in [1.807, 2.05) is 11.7 Å². The average Bonchev–Trinajstić information content (AvgIpc) is 2.53. The van der Waals surface area contributed by atoms with E-state index in [0.717, 1.165) is 18.7 Å². The van der Waals surface area contributed by atoms with Gasteiger partial charge < -0.3 is 10.1 Å². The Morgan fingerprint density at radius 1 is 1.53 bits per heavy atom. The second-order valence-corrected chi connectivity index (χ2v) is 4.27. The number of rotatable bonds is 7. The highest BCUT2D eigenvalue weighted by molar-refractivity contribution is 5.27. The van der Waals surface area contributed by atoms with Crippen molar-refractivity contribution in [3.05, 3.63) is 29.8 Å². The van der Waals surface area contributed by atoms with Crippen LogP contribution in [0.1, 0.15) is 36.3 Å². The Morgan fingerprint density at radius 2 is 2.24 bits per heavy atom. The Balaban J connectivity index is 2.46. The lowest BCUT2D eigenvalue weighted by atomic mass is 10.1. The van der Waals surface area contributed by atoms with Crippen LogP contribution in [-0.2, 0) is 11.8 Å². The summed E-state index contributed by atoms with van der Waals surface area (Å²) in [7, 11) is 1.98. The van der Waals surface area contributed by atoms with Crippen molar-refractivity contribution >= 4 is 0 Å². The van der Waals surface area contributed by atoms with Gasteiger partial charge in [-0.15, -0.1) is 0 Å². The zero-order valence-corrected chi connectivity index (χ0v) is 11.3. The number of nitrogens with one attached hydrogen (secondary N) is 1. The molecule has 1 rings (SSSR count). The molecule has 0 aliphatic rings. The van der Waals surface area contributed by atoms with Crippen LogP contribution in [0.2, 0.25) is 0 Å². The van der Waals surface area contributed by atoms with Crippen LogP contribution in [0.15, 0.2) is 12.8 Å². The van der Waals surface area contributed by atoms with Crippen molar-refractivity contribution in [2.45, 2.75) is 33.2 Å². The fraction of sp³-hybridized carbons (Fsp3) is 0.615. The van der Waals surface area contributed by atoms with Crippen molar-refractivity contribution in [3.63, 3.8) is 0 Å². The van der Waals surface area contributed by atoms with E-state index < -0.39 is 0 Å². The van der Waals surface area contributed by atoms with Gasteiger partial charge >= 0.3 is 0 Å². The van der Waals surface area contributed by atoms with Gasteiger partial charge in [-0.25, -0.2) is 0 Å². The van der Waals surface area contributed by atoms with Gasteiger partial charge in [-0.3, -0.25) is 4.68 Å². The molecule has 1 N–H and O–H groups in total. The van der Waals surface area contributed by atoms with E-state index in [2.05, 4.69) is 37.8 Å². The molecule has 0 amide bonds. The molecule has 0 saturated carbocycles. The van der Waals surface area contributed by atoms with Gasteiger partial charge in [0, 0.05) is 24.3 Å². The summed E-state index contributed by atoms with van der Waals surface area (Å²) in [5.41, 5.74) is 3.63. The monoisotopic (exact) mass is 237 g/mol. The second-order valence-electron chi connectivity index (χ2n) is 4.27. The quantitative estimate of drug-likeness (QED) is 0.584. The van der Waals surface area contributed by atoms with Crippen LogP contribution in [0.3, 0.4) is 0 Å². The van der Waals surface area contributed by atoms with Crippen LogP contribution >= 0.6 is 0 Å². The molecule has 0 aromatic carbocycles. The number of ether oxygens (including phenoxy) is 1. The van der Waals surface area contributed by atoms with Crippen molar-refractivity contribution in [2.75, 3.05) is 13.2 Å². The van der Waals surface area contributed by atoms with E-state index in [1.54, 1.807) is 0 Å². The second kappa shape index (κ2) is 6.45. The van der Waals surface area contributed by atoms with Gasteiger partial charge in [-0.05, 0) is 33.7 Å². The molecular formula is C13H23N3O. The maximum atomic E-state index is 5.08. The first-order valence-electron chi connectivity index (χ1n) is 6.04. The van der Waals surface area contributed by atoms with E-state index in [0.29, 0.717) is 12.6 Å². The summed E-state index contributed by atoms with van der Waals surface area (Å²) in [6, 6.07) is 0.326. The van der Waals surface area contributed by atoms with Gasteiger partial charge in [-0.1, -0.05) is 6.58 Å². The molecule has 17 heavy (non-hydrogen) atoms. The van der Waals surface area contributed by atoms with Crippen molar-refractivity contribution < 1.29 is 4.74 Å². The number of nitrogens with zero attached hydrogens (tertiary/aromatic N) is 2. The van der Waals surface area contributed by atoms with Gasteiger partial charge in [0.05, 0.1) is 18.6 Å². The van der Waals surface area contributed by atoms with E-state index in [9.17, 15) is 0 Å². The van der Waals surface area contributed by atoms with Gasteiger partial charge in [0.2, 0.25) is 0 Å². The fourth-order valence-corrected chi connectivity index (χ4v) is 2.08. The molecule has 0 fully saturated rings. The third kappa shape index (κ3) is 3.60. The SMILES string of the molecule is C=COCCCNC(C)c1c(C)nn(C)c1C. The van der Waals surface area contributed by atoms with Crippen molar-refractivity contribution in [1.29, 1.82) is 0 Å². The molecule has 1 heterocycles. The smallest absolute Gasteiger partial charge is 0.0885 e. The van der Waals surface area contributed by atoms with E-state index in [-0.39, 0.29) is 0 Å². The number of aryl methyl sites for hydroxylation is 2. The molecule has 1 aromatic heterocycles. The highest BCUT2D eigenvalue weighted by Gasteiger charge is 2.15. The Kier molecular flexibility index (Phi) is 5.22. The van der Waals surface area contributed by atoms with E-state index >= 15 is 0 Å². The first kappa shape index (κ1) is 13.8. The third-order valence-electron chi connectivity index (χ3n) is 3.01. The topological polar surface area (TPSA) is 39.1 Å². The minimum atomic E-state index is 0.326. The van der Waals surface area contributed by atoms with Crippen LogP contribution in [0.25, 0.3) is 0 Å². The molecule has 1 atom stereocenters.